The van der Waals surface area contributed by atoms with E-state index < -0.39 is 30.1 Å². The summed E-state index contributed by atoms with van der Waals surface area (Å²) in [5, 5.41) is 12.1. The summed E-state index contributed by atoms with van der Waals surface area (Å²) in [5.41, 5.74) is -0.0183. The van der Waals surface area contributed by atoms with E-state index in [0.29, 0.717) is 18.7 Å². The quantitative estimate of drug-likeness (QED) is 0.322. The molecule has 2 aromatic carbocycles. The third-order valence-corrected chi connectivity index (χ3v) is 6.76. The molecule has 1 aliphatic rings. The number of alkyl halides is 2. The fourth-order valence-electron chi connectivity index (χ4n) is 4.61. The number of amides is 1. The Morgan fingerprint density at radius 3 is 2.52 bits per heavy atom. The average Bonchev–Trinajstić information content (AvgIpc) is 2.93. The normalized spacial score (nSPS) is 15.9. The van der Waals surface area contributed by atoms with E-state index in [1.54, 1.807) is 0 Å². The van der Waals surface area contributed by atoms with Crippen molar-refractivity contribution >= 4 is 29.2 Å². The Kier molecular flexibility index (Phi) is 9.38. The summed E-state index contributed by atoms with van der Waals surface area (Å²) in [4.78, 5) is 38.4. The number of pyridine rings is 1. The van der Waals surface area contributed by atoms with Gasteiger partial charge in [0, 0.05) is 41.1 Å². The molecule has 212 valence electrons. The molecule has 0 radical (unpaired) electrons. The number of carboxylic acid groups (broad SMARTS) is 1. The van der Waals surface area contributed by atoms with Crippen LogP contribution >= 0.6 is 11.6 Å². The third-order valence-electron chi connectivity index (χ3n) is 6.53. The largest absolute Gasteiger partial charge is 0.491 e. The number of rotatable bonds is 10. The van der Waals surface area contributed by atoms with Gasteiger partial charge in [-0.25, -0.2) is 4.79 Å². The van der Waals surface area contributed by atoms with Crippen LogP contribution in [0.3, 0.4) is 0 Å². The van der Waals surface area contributed by atoms with Gasteiger partial charge in [-0.15, -0.1) is 0 Å². The van der Waals surface area contributed by atoms with E-state index in [9.17, 15) is 23.2 Å². The Balaban J connectivity index is 1.74. The number of halogens is 3. The van der Waals surface area contributed by atoms with Crippen LogP contribution in [0.25, 0.3) is 11.1 Å². The molecule has 9 nitrogen and oxygen atoms in total. The van der Waals surface area contributed by atoms with Crippen LogP contribution in [0.4, 0.5) is 14.5 Å². The molecule has 1 saturated heterocycles. The highest BCUT2D eigenvalue weighted by Gasteiger charge is 2.29. The smallest absolute Gasteiger partial charge is 0.387 e. The van der Waals surface area contributed by atoms with E-state index in [4.69, 9.17) is 26.2 Å². The first-order valence-electron chi connectivity index (χ1n) is 12.5. The van der Waals surface area contributed by atoms with Crippen LogP contribution in [0.15, 0.2) is 59.5 Å². The Morgan fingerprint density at radius 1 is 1.15 bits per heavy atom. The first-order valence-corrected chi connectivity index (χ1v) is 12.9. The Labute approximate surface area is 233 Å². The molecule has 0 spiro atoms. The molecule has 2 N–H and O–H groups in total. The van der Waals surface area contributed by atoms with E-state index in [1.165, 1.54) is 66.4 Å². The van der Waals surface area contributed by atoms with Crippen molar-refractivity contribution in [3.8, 4) is 22.6 Å². The summed E-state index contributed by atoms with van der Waals surface area (Å²) in [6.45, 7) is -2.58. The SMILES string of the molecule is COc1c(-c2cc(Cl)ccc2OC(F)F)ccn(C(C[C@H]2CCCCO2)C(=O)Nc2ccc(C(=O)O)cc2)c1=O. The zero-order valence-electron chi connectivity index (χ0n) is 21.4. The van der Waals surface area contributed by atoms with E-state index in [-0.39, 0.29) is 45.7 Å². The lowest BCUT2D eigenvalue weighted by Gasteiger charge is -2.28. The highest BCUT2D eigenvalue weighted by atomic mass is 35.5. The number of nitrogens with zero attached hydrogens (tertiary/aromatic N) is 1. The Bertz CT molecular complexity index is 1420. The maximum Gasteiger partial charge on any atom is 0.387 e. The summed E-state index contributed by atoms with van der Waals surface area (Å²) < 4.78 is 43.2. The van der Waals surface area contributed by atoms with Crippen molar-refractivity contribution < 1.29 is 37.7 Å². The number of anilines is 1. The van der Waals surface area contributed by atoms with Crippen molar-refractivity contribution in [1.29, 1.82) is 0 Å². The predicted molar refractivity (Wildman–Crippen MR) is 144 cm³/mol. The number of carbonyl (C=O) groups excluding carboxylic acids is 1. The standard InChI is InChI=1S/C28H27ClF2N2O7/c1-38-24-20(21-14-17(29)7-10-23(21)40-28(30)31)11-12-33(26(24)35)22(15-19-4-2-3-13-39-19)25(34)32-18-8-5-16(6-9-18)27(36)37/h5-12,14,19,22,28H,2-4,13,15H2,1H3,(H,32,34)(H,36,37)/t19-,22?/m1/s1. The second-order valence-corrected chi connectivity index (χ2v) is 9.54. The van der Waals surface area contributed by atoms with Gasteiger partial charge in [-0.2, -0.15) is 8.78 Å². The number of ether oxygens (including phenoxy) is 3. The Hall–Kier alpha value is -3.96. The molecule has 1 aliphatic heterocycles. The predicted octanol–water partition coefficient (Wildman–Crippen LogP) is 5.62. The molecule has 40 heavy (non-hydrogen) atoms. The topological polar surface area (TPSA) is 116 Å². The van der Waals surface area contributed by atoms with Gasteiger partial charge in [0.1, 0.15) is 11.8 Å². The van der Waals surface area contributed by atoms with Crippen LogP contribution in [-0.2, 0) is 9.53 Å². The van der Waals surface area contributed by atoms with Gasteiger partial charge in [-0.05, 0) is 67.8 Å². The van der Waals surface area contributed by atoms with E-state index in [2.05, 4.69) is 10.1 Å². The summed E-state index contributed by atoms with van der Waals surface area (Å²) >= 11 is 6.11. The second kappa shape index (κ2) is 12.9. The number of hydrogen-bond acceptors (Lipinski definition) is 6. The first-order chi connectivity index (χ1) is 19.2. The molecule has 1 aromatic heterocycles. The van der Waals surface area contributed by atoms with Crippen molar-refractivity contribution in [2.75, 3.05) is 19.0 Å². The molecule has 0 saturated carbocycles. The van der Waals surface area contributed by atoms with Crippen LogP contribution in [0.1, 0.15) is 42.1 Å². The van der Waals surface area contributed by atoms with Gasteiger partial charge in [0.25, 0.3) is 5.56 Å². The summed E-state index contributed by atoms with van der Waals surface area (Å²) in [7, 11) is 1.26. The minimum absolute atomic E-state index is 0.0536. The van der Waals surface area contributed by atoms with Gasteiger partial charge in [-0.1, -0.05) is 11.6 Å². The van der Waals surface area contributed by atoms with Crippen LogP contribution in [0, 0.1) is 0 Å². The molecule has 1 fully saturated rings. The number of aromatic nitrogens is 1. The van der Waals surface area contributed by atoms with Crippen LogP contribution < -0.4 is 20.3 Å². The van der Waals surface area contributed by atoms with E-state index >= 15 is 0 Å². The number of benzene rings is 2. The first kappa shape index (κ1) is 29.0. The molecular weight excluding hydrogens is 550 g/mol. The fraction of sp³-hybridized carbons (Fsp3) is 0.321. The van der Waals surface area contributed by atoms with E-state index in [0.717, 1.165) is 12.8 Å². The van der Waals surface area contributed by atoms with Gasteiger partial charge in [0.2, 0.25) is 5.91 Å². The maximum absolute atomic E-state index is 13.7. The van der Waals surface area contributed by atoms with Crippen LogP contribution in [0.5, 0.6) is 11.5 Å². The van der Waals surface area contributed by atoms with Gasteiger partial charge in [0.05, 0.1) is 18.8 Å². The Morgan fingerprint density at radius 2 is 1.90 bits per heavy atom. The maximum atomic E-state index is 13.7. The lowest BCUT2D eigenvalue weighted by molar-refractivity contribution is -0.121. The van der Waals surface area contributed by atoms with Crippen molar-refractivity contribution in [2.24, 2.45) is 0 Å². The zero-order chi connectivity index (χ0) is 28.8. The van der Waals surface area contributed by atoms with Crippen molar-refractivity contribution in [3.63, 3.8) is 0 Å². The molecule has 0 bridgehead atoms. The molecule has 0 aliphatic carbocycles. The minimum atomic E-state index is -3.11. The number of methoxy groups -OCH3 is 1. The summed E-state index contributed by atoms with van der Waals surface area (Å²) in [6, 6.07) is 10.1. The third kappa shape index (κ3) is 6.78. The molecule has 3 aromatic rings. The molecule has 1 amide bonds. The molecule has 12 heteroatoms. The lowest BCUT2D eigenvalue weighted by Crippen LogP contribution is -2.37. The zero-order valence-corrected chi connectivity index (χ0v) is 22.2. The number of aromatic carboxylic acids is 1. The number of nitrogens with one attached hydrogen (secondary N) is 1. The highest BCUT2D eigenvalue weighted by Crippen LogP contribution is 2.38. The van der Waals surface area contributed by atoms with Gasteiger partial charge < -0.3 is 24.6 Å². The van der Waals surface area contributed by atoms with Gasteiger partial charge in [0.15, 0.2) is 5.75 Å². The number of carboxylic acids is 1. The molecule has 1 unspecified atom stereocenters. The van der Waals surface area contributed by atoms with Crippen molar-refractivity contribution in [1.82, 2.24) is 4.57 Å². The fourth-order valence-corrected chi connectivity index (χ4v) is 4.78. The minimum Gasteiger partial charge on any atom is -0.491 e. The molecule has 2 heterocycles. The lowest BCUT2D eigenvalue weighted by atomic mass is 10.00. The van der Waals surface area contributed by atoms with E-state index in [1.807, 2.05) is 0 Å². The van der Waals surface area contributed by atoms with Gasteiger partial charge in [-0.3, -0.25) is 14.2 Å². The molecule has 4 rings (SSSR count). The number of hydrogen-bond donors (Lipinski definition) is 2. The van der Waals surface area contributed by atoms with Crippen molar-refractivity contribution in [3.05, 3.63) is 75.7 Å². The van der Waals surface area contributed by atoms with Crippen LogP contribution in [-0.4, -0.2) is 48.0 Å². The molecular formula is C28H27ClF2N2O7. The van der Waals surface area contributed by atoms with Crippen molar-refractivity contribution in [2.45, 2.75) is 44.4 Å². The highest BCUT2D eigenvalue weighted by molar-refractivity contribution is 6.31. The average molecular weight is 577 g/mol. The monoisotopic (exact) mass is 576 g/mol. The van der Waals surface area contributed by atoms with Crippen LogP contribution in [0.2, 0.25) is 5.02 Å². The summed E-state index contributed by atoms with van der Waals surface area (Å²) in [6.07, 6.45) is 3.79. The molecule has 2 atom stereocenters. The van der Waals surface area contributed by atoms with Gasteiger partial charge >= 0.3 is 12.6 Å². The number of carbonyl (C=O) groups is 2. The second-order valence-electron chi connectivity index (χ2n) is 9.11. The summed E-state index contributed by atoms with van der Waals surface area (Å²) in [5.74, 6) is -2.04.